The second kappa shape index (κ2) is 7.01. The van der Waals surface area contributed by atoms with Gasteiger partial charge in [-0.3, -0.25) is 0 Å². The first-order valence-electron chi connectivity index (χ1n) is 8.33. The van der Waals surface area contributed by atoms with Crippen molar-refractivity contribution < 1.29 is 14.2 Å². The van der Waals surface area contributed by atoms with Crippen LogP contribution in [0.1, 0.15) is 35.1 Å². The minimum atomic E-state index is -0.535. The molecule has 0 spiro atoms. The molecule has 0 fully saturated rings. The summed E-state index contributed by atoms with van der Waals surface area (Å²) in [7, 11) is 4.11. The van der Waals surface area contributed by atoms with Crippen LogP contribution in [0.4, 0.5) is 4.39 Å². The lowest BCUT2D eigenvalue weighted by molar-refractivity contribution is -0.0140. The lowest BCUT2D eigenvalue weighted by Crippen LogP contribution is -2.28. The number of ether oxygens (including phenoxy) is 1. The number of halogens is 1. The molecular formula is C20H24FNO2. The Morgan fingerprint density at radius 3 is 2.58 bits per heavy atom. The first kappa shape index (κ1) is 17.1. The van der Waals surface area contributed by atoms with Gasteiger partial charge in [-0.1, -0.05) is 30.3 Å². The van der Waals surface area contributed by atoms with Gasteiger partial charge in [0, 0.05) is 0 Å². The summed E-state index contributed by atoms with van der Waals surface area (Å²) in [5, 5.41) is 9.36. The van der Waals surface area contributed by atoms with E-state index in [9.17, 15) is 9.50 Å². The van der Waals surface area contributed by atoms with E-state index in [0.29, 0.717) is 6.61 Å². The maximum atomic E-state index is 13.4. The molecule has 0 bridgehead atoms. The van der Waals surface area contributed by atoms with Gasteiger partial charge >= 0.3 is 0 Å². The molecule has 2 aromatic carbocycles. The SMILES string of the molecule is CN(C)CCCC1(c2ccc(F)cc2)OCc2cc(CO)ccc21. The highest BCUT2D eigenvalue weighted by Gasteiger charge is 2.41. The summed E-state index contributed by atoms with van der Waals surface area (Å²) < 4.78 is 19.7. The van der Waals surface area contributed by atoms with Crippen molar-refractivity contribution in [2.45, 2.75) is 31.7 Å². The predicted octanol–water partition coefficient (Wildman–Crippen LogP) is 3.43. The number of hydrogen-bond acceptors (Lipinski definition) is 3. The number of fused-ring (bicyclic) bond motifs is 1. The van der Waals surface area contributed by atoms with Crippen LogP contribution in [0.3, 0.4) is 0 Å². The largest absolute Gasteiger partial charge is 0.392 e. The lowest BCUT2D eigenvalue weighted by atomic mass is 9.81. The molecule has 1 atom stereocenters. The minimum Gasteiger partial charge on any atom is -0.392 e. The van der Waals surface area contributed by atoms with E-state index in [4.69, 9.17) is 4.74 Å². The summed E-state index contributed by atoms with van der Waals surface area (Å²) in [5.74, 6) is -0.240. The van der Waals surface area contributed by atoms with Gasteiger partial charge in [0.25, 0.3) is 0 Å². The third-order valence-corrected chi connectivity index (χ3v) is 4.71. The Labute approximate surface area is 142 Å². The Kier molecular flexibility index (Phi) is 4.99. The van der Waals surface area contributed by atoms with E-state index < -0.39 is 5.60 Å². The topological polar surface area (TPSA) is 32.7 Å². The zero-order valence-corrected chi connectivity index (χ0v) is 14.3. The normalized spacial score (nSPS) is 19.7. The standard InChI is InChI=1S/C20H24FNO2/c1-22(2)11-3-10-20(17-5-7-18(21)8-6-17)19-9-4-15(13-23)12-16(19)14-24-20/h4-9,12,23H,3,10-11,13-14H2,1-2H3. The zero-order valence-electron chi connectivity index (χ0n) is 14.3. The molecule has 1 unspecified atom stereocenters. The number of aliphatic hydroxyl groups excluding tert-OH is 1. The molecule has 0 aromatic heterocycles. The number of benzene rings is 2. The van der Waals surface area contributed by atoms with E-state index >= 15 is 0 Å². The van der Waals surface area contributed by atoms with Gasteiger partial charge in [-0.25, -0.2) is 4.39 Å². The molecule has 1 aliphatic heterocycles. The van der Waals surface area contributed by atoms with Gasteiger partial charge in [-0.2, -0.15) is 0 Å². The van der Waals surface area contributed by atoms with Crippen LogP contribution in [-0.2, 0) is 23.6 Å². The maximum Gasteiger partial charge on any atom is 0.123 e. The van der Waals surface area contributed by atoms with Crippen molar-refractivity contribution in [1.82, 2.24) is 4.90 Å². The van der Waals surface area contributed by atoms with Crippen LogP contribution >= 0.6 is 0 Å². The molecule has 128 valence electrons. The fourth-order valence-electron chi connectivity index (χ4n) is 3.49. The van der Waals surface area contributed by atoms with E-state index in [1.165, 1.54) is 12.1 Å². The Morgan fingerprint density at radius 1 is 1.17 bits per heavy atom. The zero-order chi connectivity index (χ0) is 17.2. The van der Waals surface area contributed by atoms with Crippen molar-refractivity contribution in [2.24, 2.45) is 0 Å². The molecule has 0 amide bonds. The molecule has 0 saturated heterocycles. The van der Waals surface area contributed by atoms with Crippen LogP contribution in [0.2, 0.25) is 0 Å². The highest BCUT2D eigenvalue weighted by Crippen LogP contribution is 2.45. The Bertz CT molecular complexity index is 699. The average molecular weight is 329 g/mol. The van der Waals surface area contributed by atoms with Crippen molar-refractivity contribution in [2.75, 3.05) is 20.6 Å². The van der Waals surface area contributed by atoms with Gasteiger partial charge in [-0.05, 0) is 67.9 Å². The van der Waals surface area contributed by atoms with E-state index in [1.807, 2.05) is 30.3 Å². The first-order valence-corrected chi connectivity index (χ1v) is 8.33. The molecule has 24 heavy (non-hydrogen) atoms. The van der Waals surface area contributed by atoms with Gasteiger partial charge in [0.05, 0.1) is 13.2 Å². The van der Waals surface area contributed by atoms with Crippen LogP contribution in [0.25, 0.3) is 0 Å². The molecule has 1 heterocycles. The molecule has 2 aromatic rings. The number of nitrogens with zero attached hydrogens (tertiary/aromatic N) is 1. The number of aliphatic hydroxyl groups is 1. The third-order valence-electron chi connectivity index (χ3n) is 4.71. The van der Waals surface area contributed by atoms with Crippen molar-refractivity contribution in [3.8, 4) is 0 Å². The average Bonchev–Trinajstić information content (AvgIpc) is 2.94. The van der Waals surface area contributed by atoms with Gasteiger partial charge < -0.3 is 14.7 Å². The summed E-state index contributed by atoms with van der Waals surface area (Å²) in [6, 6.07) is 12.6. The van der Waals surface area contributed by atoms with Gasteiger partial charge in [0.15, 0.2) is 0 Å². The molecule has 0 aliphatic carbocycles. The van der Waals surface area contributed by atoms with Gasteiger partial charge in [-0.15, -0.1) is 0 Å². The van der Waals surface area contributed by atoms with Crippen molar-refractivity contribution in [1.29, 1.82) is 0 Å². The van der Waals surface area contributed by atoms with Crippen molar-refractivity contribution in [3.05, 3.63) is 70.5 Å². The van der Waals surface area contributed by atoms with E-state index in [-0.39, 0.29) is 12.4 Å². The second-order valence-corrected chi connectivity index (χ2v) is 6.68. The number of hydrogen-bond donors (Lipinski definition) is 1. The molecule has 1 N–H and O–H groups in total. The molecule has 1 aliphatic rings. The smallest absolute Gasteiger partial charge is 0.123 e. The van der Waals surface area contributed by atoms with Crippen LogP contribution in [0.15, 0.2) is 42.5 Å². The molecule has 3 nitrogen and oxygen atoms in total. The van der Waals surface area contributed by atoms with Gasteiger partial charge in [0.2, 0.25) is 0 Å². The van der Waals surface area contributed by atoms with Crippen LogP contribution in [0, 0.1) is 5.82 Å². The molecule has 0 radical (unpaired) electrons. The fraction of sp³-hybridized carbons (Fsp3) is 0.400. The van der Waals surface area contributed by atoms with Crippen LogP contribution < -0.4 is 0 Å². The van der Waals surface area contributed by atoms with E-state index in [2.05, 4.69) is 19.0 Å². The van der Waals surface area contributed by atoms with Gasteiger partial charge in [0.1, 0.15) is 11.4 Å². The minimum absolute atomic E-state index is 0.0253. The monoisotopic (exact) mass is 329 g/mol. The lowest BCUT2D eigenvalue weighted by Gasteiger charge is -2.31. The van der Waals surface area contributed by atoms with Crippen LogP contribution in [0.5, 0.6) is 0 Å². The summed E-state index contributed by atoms with van der Waals surface area (Å²) >= 11 is 0. The van der Waals surface area contributed by atoms with Crippen molar-refractivity contribution >= 4 is 0 Å². The summed E-state index contributed by atoms with van der Waals surface area (Å²) in [6.07, 6.45) is 1.81. The first-order chi connectivity index (χ1) is 11.5. The number of rotatable bonds is 6. The Balaban J connectivity index is 2.00. The van der Waals surface area contributed by atoms with Crippen LogP contribution in [-0.4, -0.2) is 30.6 Å². The third kappa shape index (κ3) is 3.22. The Hall–Kier alpha value is -1.75. The molecule has 0 saturated carbocycles. The quantitative estimate of drug-likeness (QED) is 0.881. The highest BCUT2D eigenvalue weighted by atomic mass is 19.1. The maximum absolute atomic E-state index is 13.4. The van der Waals surface area contributed by atoms with Crippen molar-refractivity contribution in [3.63, 3.8) is 0 Å². The fourth-order valence-corrected chi connectivity index (χ4v) is 3.49. The van der Waals surface area contributed by atoms with E-state index in [0.717, 1.165) is 41.6 Å². The summed E-state index contributed by atoms with van der Waals surface area (Å²) in [6.45, 7) is 1.51. The predicted molar refractivity (Wildman–Crippen MR) is 92.1 cm³/mol. The molecular weight excluding hydrogens is 305 g/mol. The Morgan fingerprint density at radius 2 is 1.92 bits per heavy atom. The second-order valence-electron chi connectivity index (χ2n) is 6.68. The molecule has 4 heteroatoms. The summed E-state index contributed by atoms with van der Waals surface area (Å²) in [5.41, 5.74) is 3.58. The summed E-state index contributed by atoms with van der Waals surface area (Å²) in [4.78, 5) is 2.16. The molecule has 3 rings (SSSR count). The highest BCUT2D eigenvalue weighted by molar-refractivity contribution is 5.45. The van der Waals surface area contributed by atoms with E-state index in [1.54, 1.807) is 0 Å².